The largest absolute Gasteiger partial charge is 0.466 e. The number of thioether (sulfide) groups is 1. The number of urea groups is 1. The van der Waals surface area contributed by atoms with Crippen molar-refractivity contribution in [3.05, 3.63) is 40.2 Å². The number of imide groups is 1. The highest BCUT2D eigenvalue weighted by Gasteiger charge is 2.29. The van der Waals surface area contributed by atoms with E-state index in [1.807, 2.05) is 12.1 Å². The van der Waals surface area contributed by atoms with E-state index in [0.29, 0.717) is 48.2 Å². The Morgan fingerprint density at radius 3 is 2.86 bits per heavy atom. The van der Waals surface area contributed by atoms with Crippen molar-refractivity contribution in [1.82, 2.24) is 30.5 Å². The highest BCUT2D eigenvalue weighted by atomic mass is 32.2. The van der Waals surface area contributed by atoms with Gasteiger partial charge in [0.25, 0.3) is 11.8 Å². The van der Waals surface area contributed by atoms with Crippen molar-refractivity contribution in [3.63, 3.8) is 0 Å². The number of hydrogen-bond donors (Lipinski definition) is 4. The summed E-state index contributed by atoms with van der Waals surface area (Å²) in [6, 6.07) is 1.75. The second kappa shape index (κ2) is 10.6. The molecule has 3 aliphatic rings. The summed E-state index contributed by atoms with van der Waals surface area (Å²) in [6.45, 7) is 2.49. The van der Waals surface area contributed by atoms with Gasteiger partial charge in [0, 0.05) is 30.6 Å². The fraction of sp³-hybridized carbons (Fsp3) is 0.417. The van der Waals surface area contributed by atoms with Crippen LogP contribution in [0.2, 0.25) is 0 Å². The number of nitrogens with zero attached hydrogens (tertiary/aromatic N) is 3. The first-order valence-corrected chi connectivity index (χ1v) is 13.1. The van der Waals surface area contributed by atoms with Crippen molar-refractivity contribution in [2.45, 2.75) is 50.3 Å². The van der Waals surface area contributed by atoms with E-state index in [4.69, 9.17) is 9.72 Å². The van der Waals surface area contributed by atoms with Crippen LogP contribution in [-0.4, -0.2) is 57.6 Å². The maximum Gasteiger partial charge on any atom is 0.326 e. The van der Waals surface area contributed by atoms with Crippen LogP contribution >= 0.6 is 11.8 Å². The number of rotatable bonds is 10. The third-order valence-electron chi connectivity index (χ3n) is 5.96. The van der Waals surface area contributed by atoms with Crippen LogP contribution in [0.1, 0.15) is 55.5 Å². The highest BCUT2D eigenvalue weighted by molar-refractivity contribution is 8.04. The molecule has 4 amide bonds. The Morgan fingerprint density at radius 2 is 2.14 bits per heavy atom. The van der Waals surface area contributed by atoms with Gasteiger partial charge in [-0.25, -0.2) is 9.78 Å². The molecule has 4 N–H and O–H groups in total. The number of carbonyl (C=O) groups is 4. The maximum atomic E-state index is 12.6. The molecule has 13 heteroatoms. The number of esters is 1. The van der Waals surface area contributed by atoms with Crippen LogP contribution in [0.5, 0.6) is 0 Å². The first-order valence-electron chi connectivity index (χ1n) is 12.2. The van der Waals surface area contributed by atoms with Gasteiger partial charge in [0.05, 0.1) is 28.7 Å². The van der Waals surface area contributed by atoms with E-state index in [1.54, 1.807) is 23.7 Å². The monoisotopic (exact) mass is 525 g/mol. The lowest BCUT2D eigenvalue weighted by Gasteiger charge is -2.14. The minimum atomic E-state index is -0.572. The molecule has 4 heterocycles. The maximum absolute atomic E-state index is 12.6. The molecule has 2 fully saturated rings. The molecule has 1 unspecified atom stereocenters. The van der Waals surface area contributed by atoms with Crippen molar-refractivity contribution in [2.75, 3.05) is 18.5 Å². The fourth-order valence-corrected chi connectivity index (χ4v) is 5.10. The molecular weight excluding hydrogens is 498 g/mol. The van der Waals surface area contributed by atoms with E-state index >= 15 is 0 Å². The summed E-state index contributed by atoms with van der Waals surface area (Å²) in [4.78, 5) is 53.1. The number of anilines is 1. The van der Waals surface area contributed by atoms with Gasteiger partial charge in [0.1, 0.15) is 11.5 Å². The number of carbonyl (C=O) groups excluding carboxylic acids is 4. The Balaban J connectivity index is 1.30. The van der Waals surface area contributed by atoms with Gasteiger partial charge in [0.15, 0.2) is 5.65 Å². The summed E-state index contributed by atoms with van der Waals surface area (Å²) in [6.07, 6.45) is 8.60. The Labute approximate surface area is 216 Å². The minimum absolute atomic E-state index is 0.0741. The molecule has 194 valence electrons. The van der Waals surface area contributed by atoms with Crippen molar-refractivity contribution in [2.24, 2.45) is 0 Å². The predicted octanol–water partition coefficient (Wildman–Crippen LogP) is 2.01. The Kier molecular flexibility index (Phi) is 7.12. The molecule has 1 saturated heterocycles. The van der Waals surface area contributed by atoms with Gasteiger partial charge in [-0.2, -0.15) is 9.61 Å². The molecule has 0 aromatic carbocycles. The first-order chi connectivity index (χ1) is 17.9. The van der Waals surface area contributed by atoms with E-state index in [9.17, 15) is 19.2 Å². The summed E-state index contributed by atoms with van der Waals surface area (Å²) < 4.78 is 6.59. The van der Waals surface area contributed by atoms with Gasteiger partial charge in [-0.3, -0.25) is 19.7 Å². The molecule has 1 saturated carbocycles. The van der Waals surface area contributed by atoms with Crippen LogP contribution in [0.15, 0.2) is 28.9 Å². The smallest absolute Gasteiger partial charge is 0.326 e. The number of allylic oxidation sites excluding steroid dienone is 1. The molecule has 0 bridgehead atoms. The van der Waals surface area contributed by atoms with Crippen LogP contribution in [0.25, 0.3) is 11.7 Å². The van der Waals surface area contributed by atoms with E-state index in [0.717, 1.165) is 24.4 Å². The third-order valence-corrected chi connectivity index (χ3v) is 7.28. The fourth-order valence-electron chi connectivity index (χ4n) is 3.99. The zero-order valence-corrected chi connectivity index (χ0v) is 21.0. The van der Waals surface area contributed by atoms with Gasteiger partial charge >= 0.3 is 12.0 Å². The number of aromatic nitrogens is 3. The zero-order valence-electron chi connectivity index (χ0n) is 20.2. The summed E-state index contributed by atoms with van der Waals surface area (Å²) in [5.74, 6) is -0.171. The van der Waals surface area contributed by atoms with Gasteiger partial charge in [-0.05, 0) is 38.7 Å². The van der Waals surface area contributed by atoms with E-state index in [2.05, 4.69) is 26.4 Å². The summed E-state index contributed by atoms with van der Waals surface area (Å²) in [5, 5.41) is 15.4. The van der Waals surface area contributed by atoms with E-state index < -0.39 is 11.9 Å². The quantitative estimate of drug-likeness (QED) is 0.158. The Morgan fingerprint density at radius 1 is 1.30 bits per heavy atom. The van der Waals surface area contributed by atoms with Crippen LogP contribution in [0.4, 0.5) is 10.6 Å². The molecule has 0 spiro atoms. The van der Waals surface area contributed by atoms with E-state index in [-0.39, 0.29) is 29.2 Å². The molecule has 1 atom stereocenters. The average Bonchev–Trinajstić information content (AvgIpc) is 3.24. The first kappa shape index (κ1) is 24.8. The van der Waals surface area contributed by atoms with Gasteiger partial charge in [-0.15, -0.1) is 11.8 Å². The molecule has 2 aromatic heterocycles. The standard InChI is InChI=1S/C24H27N7O5S/c1-2-36-20(32)4-3-9-25-23(34)18-8-7-17(37-18)15-11-19(27-14-5-6-14)31-21(28-15)13(12-26-31)10-16-22(33)30-24(35)29-16/h8,10-12,14,17,27H,2-7,9H2,1H3,(H,25,34)(H2,29,30,33,35)/b16-10-. The normalized spacial score (nSPS) is 20.1. The van der Waals surface area contributed by atoms with Crippen LogP contribution in [0, 0.1) is 0 Å². The Hall–Kier alpha value is -3.87. The Bertz CT molecular complexity index is 1330. The van der Waals surface area contributed by atoms with E-state index in [1.165, 1.54) is 11.8 Å². The molecule has 0 radical (unpaired) electrons. The van der Waals surface area contributed by atoms with Gasteiger partial charge < -0.3 is 20.7 Å². The minimum Gasteiger partial charge on any atom is -0.466 e. The second-order valence-corrected chi connectivity index (χ2v) is 10.1. The van der Waals surface area contributed by atoms with Crippen molar-refractivity contribution >= 4 is 53.1 Å². The molecule has 37 heavy (non-hydrogen) atoms. The predicted molar refractivity (Wildman–Crippen MR) is 136 cm³/mol. The lowest BCUT2D eigenvalue weighted by molar-refractivity contribution is -0.143. The van der Waals surface area contributed by atoms with Crippen LogP contribution < -0.4 is 21.3 Å². The third kappa shape index (κ3) is 5.77. The topological polar surface area (TPSA) is 156 Å². The number of nitrogens with one attached hydrogen (secondary N) is 4. The van der Waals surface area contributed by atoms with Gasteiger partial charge in [0.2, 0.25) is 0 Å². The zero-order chi connectivity index (χ0) is 25.9. The lowest BCUT2D eigenvalue weighted by atomic mass is 10.2. The number of ether oxygens (including phenoxy) is 1. The number of hydrogen-bond acceptors (Lipinski definition) is 9. The van der Waals surface area contributed by atoms with Crippen molar-refractivity contribution < 1.29 is 23.9 Å². The summed E-state index contributed by atoms with van der Waals surface area (Å²) in [5.41, 5.74) is 2.04. The summed E-state index contributed by atoms with van der Waals surface area (Å²) in [7, 11) is 0. The summed E-state index contributed by atoms with van der Waals surface area (Å²) >= 11 is 1.44. The molecular formula is C24H27N7O5S. The number of fused-ring (bicyclic) bond motifs is 1. The molecule has 1 aliphatic carbocycles. The second-order valence-electron chi connectivity index (χ2n) is 8.86. The SMILES string of the molecule is CCOC(=O)CCCNC(=O)C1=CCC(c2cc(NC3CC3)n3ncc(/C=C4\NC(=O)NC4=O)c3n2)S1. The highest BCUT2D eigenvalue weighted by Crippen LogP contribution is 2.44. The lowest BCUT2D eigenvalue weighted by Crippen LogP contribution is -2.25. The van der Waals surface area contributed by atoms with Gasteiger partial charge in [-0.1, -0.05) is 6.08 Å². The molecule has 2 aliphatic heterocycles. The van der Waals surface area contributed by atoms with Crippen molar-refractivity contribution in [3.8, 4) is 0 Å². The van der Waals surface area contributed by atoms with Crippen LogP contribution in [0.3, 0.4) is 0 Å². The van der Waals surface area contributed by atoms with Crippen molar-refractivity contribution in [1.29, 1.82) is 0 Å². The average molecular weight is 526 g/mol. The van der Waals surface area contributed by atoms with Crippen LogP contribution in [-0.2, 0) is 19.1 Å². The number of amides is 4. The molecule has 12 nitrogen and oxygen atoms in total. The molecule has 5 rings (SSSR count). The molecule has 2 aromatic rings.